The van der Waals surface area contributed by atoms with E-state index in [1.807, 2.05) is 7.05 Å². The molecule has 1 heterocycles. The van der Waals surface area contributed by atoms with Crippen LogP contribution in [0, 0.1) is 0 Å². The van der Waals surface area contributed by atoms with Crippen molar-refractivity contribution in [1.29, 1.82) is 0 Å². The summed E-state index contributed by atoms with van der Waals surface area (Å²) in [5.41, 5.74) is 0. The number of nitrogens with zero attached hydrogens (tertiary/aromatic N) is 1. The summed E-state index contributed by atoms with van der Waals surface area (Å²) < 4.78 is 22.6. The summed E-state index contributed by atoms with van der Waals surface area (Å²) in [7, 11) is -0.767. The fourth-order valence-corrected chi connectivity index (χ4v) is 2.96. The van der Waals surface area contributed by atoms with Gasteiger partial charge in [-0.05, 0) is 45.9 Å². The Labute approximate surface area is 99.3 Å². The molecule has 0 atom stereocenters. The van der Waals surface area contributed by atoms with Crippen molar-refractivity contribution in [3.8, 4) is 0 Å². The molecule has 1 fully saturated rings. The van der Waals surface area contributed by atoms with Crippen LogP contribution in [0.3, 0.4) is 0 Å². The molecule has 4 nitrogen and oxygen atoms in total. The number of hydrogen-bond donors (Lipinski definition) is 1. The van der Waals surface area contributed by atoms with Crippen LogP contribution in [0.25, 0.3) is 0 Å². The molecule has 1 saturated heterocycles. The monoisotopic (exact) mass is 248 g/mol. The van der Waals surface area contributed by atoms with Crippen molar-refractivity contribution < 1.29 is 8.42 Å². The van der Waals surface area contributed by atoms with Crippen LogP contribution in [0.5, 0.6) is 0 Å². The van der Waals surface area contributed by atoms with Gasteiger partial charge < -0.3 is 10.2 Å². The minimum atomic E-state index is -2.77. The Balaban J connectivity index is 2.16. The highest BCUT2D eigenvalue weighted by molar-refractivity contribution is 7.91. The fraction of sp³-hybridized carbons (Fsp3) is 1.00. The van der Waals surface area contributed by atoms with Gasteiger partial charge in [-0.2, -0.15) is 0 Å². The molecule has 0 aromatic rings. The summed E-state index contributed by atoms with van der Waals surface area (Å²) in [4.78, 5) is 2.37. The zero-order valence-electron chi connectivity index (χ0n) is 10.4. The molecule has 1 aliphatic heterocycles. The Hall–Kier alpha value is -0.130. The summed E-state index contributed by atoms with van der Waals surface area (Å²) in [5, 5.41) is 3.29. The van der Waals surface area contributed by atoms with Gasteiger partial charge in [0.1, 0.15) is 9.84 Å². The molecule has 1 N–H and O–H groups in total. The number of likely N-dealkylation sites (tertiary alicyclic amines) is 1. The van der Waals surface area contributed by atoms with Gasteiger partial charge >= 0.3 is 0 Å². The third-order valence-electron chi connectivity index (χ3n) is 3.37. The van der Waals surface area contributed by atoms with E-state index in [0.29, 0.717) is 11.8 Å². The predicted molar refractivity (Wildman–Crippen MR) is 67.5 cm³/mol. The number of sulfone groups is 1. The molecule has 0 amide bonds. The van der Waals surface area contributed by atoms with Crippen LogP contribution >= 0.6 is 0 Å². The molecule has 16 heavy (non-hydrogen) atoms. The first-order chi connectivity index (χ1) is 7.57. The standard InChI is InChI=1S/C11H24N2O2S/c1-3-16(14,15)10-4-7-13-8-5-11(12-2)6-9-13/h11-12H,3-10H2,1-2H3. The molecule has 0 spiro atoms. The molecular formula is C11H24N2O2S. The van der Waals surface area contributed by atoms with Gasteiger partial charge in [0.05, 0.1) is 5.75 Å². The first-order valence-electron chi connectivity index (χ1n) is 6.17. The fourth-order valence-electron chi connectivity index (χ4n) is 2.10. The number of rotatable bonds is 6. The zero-order chi connectivity index (χ0) is 12.0. The van der Waals surface area contributed by atoms with E-state index < -0.39 is 9.84 Å². The molecule has 1 aliphatic rings. The first kappa shape index (κ1) is 13.9. The second-order valence-corrected chi connectivity index (χ2v) is 6.97. The predicted octanol–water partition coefficient (Wildman–Crippen LogP) is 0.495. The van der Waals surface area contributed by atoms with Gasteiger partial charge in [0.25, 0.3) is 0 Å². The summed E-state index contributed by atoms with van der Waals surface area (Å²) in [6.45, 7) is 4.83. The lowest BCUT2D eigenvalue weighted by Gasteiger charge is -2.31. The van der Waals surface area contributed by atoms with Crippen LogP contribution in [-0.2, 0) is 9.84 Å². The highest BCUT2D eigenvalue weighted by Crippen LogP contribution is 2.10. The zero-order valence-corrected chi connectivity index (χ0v) is 11.2. The SMILES string of the molecule is CCS(=O)(=O)CCCN1CCC(NC)CC1. The molecule has 0 aromatic carbocycles. The highest BCUT2D eigenvalue weighted by Gasteiger charge is 2.17. The third kappa shape index (κ3) is 4.80. The second kappa shape index (κ2) is 6.57. The van der Waals surface area contributed by atoms with E-state index in [0.717, 1.165) is 26.1 Å². The Morgan fingerprint density at radius 3 is 2.44 bits per heavy atom. The van der Waals surface area contributed by atoms with Crippen LogP contribution in [0.2, 0.25) is 0 Å². The van der Waals surface area contributed by atoms with Gasteiger partial charge in [0.15, 0.2) is 0 Å². The van der Waals surface area contributed by atoms with Gasteiger partial charge in [-0.1, -0.05) is 6.92 Å². The van der Waals surface area contributed by atoms with Crippen LogP contribution < -0.4 is 5.32 Å². The minimum Gasteiger partial charge on any atom is -0.317 e. The largest absolute Gasteiger partial charge is 0.317 e. The topological polar surface area (TPSA) is 49.4 Å². The minimum absolute atomic E-state index is 0.273. The van der Waals surface area contributed by atoms with Crippen LogP contribution in [0.15, 0.2) is 0 Å². The van der Waals surface area contributed by atoms with Gasteiger partial charge in [-0.15, -0.1) is 0 Å². The van der Waals surface area contributed by atoms with Crippen molar-refractivity contribution in [1.82, 2.24) is 10.2 Å². The number of piperidine rings is 1. The smallest absolute Gasteiger partial charge is 0.150 e. The van der Waals surface area contributed by atoms with E-state index >= 15 is 0 Å². The first-order valence-corrected chi connectivity index (χ1v) is 7.99. The molecule has 0 aromatic heterocycles. The Kier molecular flexibility index (Phi) is 5.72. The van der Waals surface area contributed by atoms with Crippen LogP contribution in [-0.4, -0.2) is 57.5 Å². The quantitative estimate of drug-likeness (QED) is 0.743. The number of nitrogens with one attached hydrogen (secondary N) is 1. The van der Waals surface area contributed by atoms with Crippen molar-refractivity contribution >= 4 is 9.84 Å². The Morgan fingerprint density at radius 2 is 1.94 bits per heavy atom. The van der Waals surface area contributed by atoms with Gasteiger partial charge in [-0.25, -0.2) is 8.42 Å². The van der Waals surface area contributed by atoms with Gasteiger partial charge in [0.2, 0.25) is 0 Å². The molecule has 5 heteroatoms. The van der Waals surface area contributed by atoms with E-state index in [-0.39, 0.29) is 5.75 Å². The Bertz CT molecular complexity index is 282. The maximum Gasteiger partial charge on any atom is 0.150 e. The number of hydrogen-bond acceptors (Lipinski definition) is 4. The molecule has 0 bridgehead atoms. The van der Waals surface area contributed by atoms with Crippen molar-refractivity contribution in [2.75, 3.05) is 38.2 Å². The normalized spacial score (nSPS) is 20.1. The summed E-state index contributed by atoms with van der Waals surface area (Å²) >= 11 is 0. The van der Waals surface area contributed by atoms with Crippen molar-refractivity contribution in [3.05, 3.63) is 0 Å². The molecule has 0 radical (unpaired) electrons. The Morgan fingerprint density at radius 1 is 1.31 bits per heavy atom. The van der Waals surface area contributed by atoms with Gasteiger partial charge in [-0.3, -0.25) is 0 Å². The summed E-state index contributed by atoms with van der Waals surface area (Å²) in [6, 6.07) is 0.649. The van der Waals surface area contributed by atoms with E-state index in [4.69, 9.17) is 0 Å². The average Bonchev–Trinajstić information content (AvgIpc) is 2.30. The van der Waals surface area contributed by atoms with Crippen LogP contribution in [0.1, 0.15) is 26.2 Å². The molecule has 0 unspecified atom stereocenters. The van der Waals surface area contributed by atoms with E-state index in [1.165, 1.54) is 12.8 Å². The van der Waals surface area contributed by atoms with Crippen molar-refractivity contribution in [2.24, 2.45) is 0 Å². The van der Waals surface area contributed by atoms with Crippen LogP contribution in [0.4, 0.5) is 0 Å². The van der Waals surface area contributed by atoms with Crippen molar-refractivity contribution in [3.63, 3.8) is 0 Å². The second-order valence-electron chi connectivity index (χ2n) is 4.49. The average molecular weight is 248 g/mol. The molecule has 96 valence electrons. The van der Waals surface area contributed by atoms with E-state index in [9.17, 15) is 8.42 Å². The lowest BCUT2D eigenvalue weighted by molar-refractivity contribution is 0.202. The van der Waals surface area contributed by atoms with Gasteiger partial charge in [0, 0.05) is 11.8 Å². The maximum atomic E-state index is 11.3. The van der Waals surface area contributed by atoms with E-state index in [2.05, 4.69) is 10.2 Å². The van der Waals surface area contributed by atoms with Crippen molar-refractivity contribution in [2.45, 2.75) is 32.2 Å². The third-order valence-corrected chi connectivity index (χ3v) is 5.16. The molecule has 0 saturated carbocycles. The molecule has 1 rings (SSSR count). The summed E-state index contributed by atoms with van der Waals surface area (Å²) in [6.07, 6.45) is 3.13. The van der Waals surface area contributed by atoms with E-state index in [1.54, 1.807) is 6.92 Å². The highest BCUT2D eigenvalue weighted by atomic mass is 32.2. The molecule has 0 aliphatic carbocycles. The molecular weight excluding hydrogens is 224 g/mol. The lowest BCUT2D eigenvalue weighted by atomic mass is 10.1. The lowest BCUT2D eigenvalue weighted by Crippen LogP contribution is -2.41. The summed E-state index contributed by atoms with van der Waals surface area (Å²) in [5.74, 6) is 0.615. The maximum absolute atomic E-state index is 11.3.